The molecule has 1 atom stereocenters. The van der Waals surface area contributed by atoms with E-state index in [1.807, 2.05) is 6.07 Å². The van der Waals surface area contributed by atoms with Gasteiger partial charge >= 0.3 is 0 Å². The van der Waals surface area contributed by atoms with Crippen molar-refractivity contribution in [1.82, 2.24) is 5.32 Å². The van der Waals surface area contributed by atoms with Gasteiger partial charge in [-0.1, -0.05) is 6.07 Å². The number of hydrogen-bond donors (Lipinski definition) is 1. The van der Waals surface area contributed by atoms with Crippen LogP contribution in [0, 0.1) is 5.82 Å². The van der Waals surface area contributed by atoms with Gasteiger partial charge in [0.05, 0.1) is 32.1 Å². The molecular formula is C25H24FNO5S. The molecule has 0 aliphatic carbocycles. The average Bonchev–Trinajstić information content (AvgIpc) is 3.44. The van der Waals surface area contributed by atoms with E-state index < -0.39 is 0 Å². The van der Waals surface area contributed by atoms with E-state index in [-0.39, 0.29) is 30.0 Å². The molecule has 2 heterocycles. The number of Topliss-reactive ketones (excluding diaryl/α,β-unsaturated/α-hetero) is 1. The van der Waals surface area contributed by atoms with E-state index in [2.05, 4.69) is 5.32 Å². The molecule has 1 aromatic heterocycles. The summed E-state index contributed by atoms with van der Waals surface area (Å²) in [5.74, 6) is 1.22. The van der Waals surface area contributed by atoms with Crippen LogP contribution >= 0.6 is 11.3 Å². The van der Waals surface area contributed by atoms with E-state index in [0.717, 1.165) is 16.0 Å². The van der Waals surface area contributed by atoms with E-state index in [1.165, 1.54) is 30.4 Å². The number of ketones is 1. The molecule has 0 radical (unpaired) electrons. The quantitative estimate of drug-likeness (QED) is 0.494. The maximum absolute atomic E-state index is 14.3. The second-order valence-electron chi connectivity index (χ2n) is 7.78. The summed E-state index contributed by atoms with van der Waals surface area (Å²) >= 11 is 1.31. The van der Waals surface area contributed by atoms with Crippen LogP contribution in [0.25, 0.3) is 10.4 Å². The Labute approximate surface area is 195 Å². The number of hydrogen-bond acceptors (Lipinski definition) is 6. The van der Waals surface area contributed by atoms with Crippen molar-refractivity contribution in [2.24, 2.45) is 0 Å². The minimum Gasteiger partial charge on any atom is -0.493 e. The normalized spacial score (nSPS) is 14.4. The van der Waals surface area contributed by atoms with Crippen LogP contribution in [0.4, 0.5) is 4.39 Å². The van der Waals surface area contributed by atoms with Crippen LogP contribution in [-0.4, -0.2) is 38.6 Å². The molecule has 1 aliphatic heterocycles. The summed E-state index contributed by atoms with van der Waals surface area (Å²) < 4.78 is 30.9. The summed E-state index contributed by atoms with van der Waals surface area (Å²) in [5.41, 5.74) is 2.17. The summed E-state index contributed by atoms with van der Waals surface area (Å²) in [6.07, 6.45) is 0.368. The predicted octanol–water partition coefficient (Wildman–Crippen LogP) is 4.44. The Bertz CT molecular complexity index is 1210. The number of nitrogens with one attached hydrogen (secondary N) is 1. The Kier molecular flexibility index (Phi) is 6.65. The summed E-state index contributed by atoms with van der Waals surface area (Å²) in [6, 6.07) is 11.8. The number of halogens is 1. The van der Waals surface area contributed by atoms with Gasteiger partial charge < -0.3 is 19.5 Å². The third kappa shape index (κ3) is 5.01. The molecule has 0 bridgehead atoms. The van der Waals surface area contributed by atoms with Crippen molar-refractivity contribution in [2.45, 2.75) is 25.9 Å². The van der Waals surface area contributed by atoms with Gasteiger partial charge in [0.1, 0.15) is 17.7 Å². The van der Waals surface area contributed by atoms with E-state index in [4.69, 9.17) is 14.2 Å². The van der Waals surface area contributed by atoms with Crippen LogP contribution in [0.3, 0.4) is 0 Å². The van der Waals surface area contributed by atoms with Gasteiger partial charge in [-0.2, -0.15) is 0 Å². The fourth-order valence-electron chi connectivity index (χ4n) is 3.83. The Balaban J connectivity index is 1.41. The first kappa shape index (κ1) is 22.8. The van der Waals surface area contributed by atoms with Gasteiger partial charge in [0.2, 0.25) is 5.91 Å². The molecule has 4 rings (SSSR count). The van der Waals surface area contributed by atoms with Crippen LogP contribution in [-0.2, 0) is 17.6 Å². The molecule has 8 heteroatoms. The lowest BCUT2D eigenvalue weighted by Gasteiger charge is -2.14. The SMILES string of the molecule is COc1ccc(CC(=O)NCC2Cc3cc(F)cc(-c4ccc(C(C)=O)s4)c3O2)cc1OC. The minimum atomic E-state index is -0.358. The third-order valence-corrected chi connectivity index (χ3v) is 6.64. The van der Waals surface area contributed by atoms with E-state index >= 15 is 0 Å². The monoisotopic (exact) mass is 469 g/mol. The summed E-state index contributed by atoms with van der Waals surface area (Å²) in [7, 11) is 3.10. The molecular weight excluding hydrogens is 445 g/mol. The molecule has 0 spiro atoms. The number of methoxy groups -OCH3 is 2. The van der Waals surface area contributed by atoms with Gasteiger partial charge in [0, 0.05) is 22.4 Å². The maximum atomic E-state index is 14.3. The topological polar surface area (TPSA) is 73.9 Å². The predicted molar refractivity (Wildman–Crippen MR) is 124 cm³/mol. The van der Waals surface area contributed by atoms with E-state index in [9.17, 15) is 14.0 Å². The van der Waals surface area contributed by atoms with E-state index in [1.54, 1.807) is 38.5 Å². The van der Waals surface area contributed by atoms with Crippen molar-refractivity contribution < 1.29 is 28.2 Å². The highest BCUT2D eigenvalue weighted by Crippen LogP contribution is 2.42. The molecule has 0 saturated heterocycles. The molecule has 0 fully saturated rings. The van der Waals surface area contributed by atoms with Crippen molar-refractivity contribution >= 4 is 23.0 Å². The number of carbonyl (C=O) groups excluding carboxylic acids is 2. The van der Waals surface area contributed by atoms with Crippen molar-refractivity contribution in [3.8, 4) is 27.7 Å². The number of fused-ring (bicyclic) bond motifs is 1. The largest absolute Gasteiger partial charge is 0.493 e. The fourth-order valence-corrected chi connectivity index (χ4v) is 4.74. The van der Waals surface area contributed by atoms with Gasteiger partial charge in [-0.25, -0.2) is 4.39 Å². The molecule has 3 aromatic rings. The van der Waals surface area contributed by atoms with Crippen LogP contribution in [0.1, 0.15) is 27.7 Å². The second kappa shape index (κ2) is 9.62. The fraction of sp³-hybridized carbons (Fsp3) is 0.280. The first-order valence-corrected chi connectivity index (χ1v) is 11.3. The first-order valence-electron chi connectivity index (χ1n) is 10.5. The van der Waals surface area contributed by atoms with Gasteiger partial charge in [-0.15, -0.1) is 11.3 Å². The minimum absolute atomic E-state index is 0.0321. The molecule has 2 aromatic carbocycles. The Morgan fingerprint density at radius 2 is 1.91 bits per heavy atom. The Morgan fingerprint density at radius 3 is 2.61 bits per heavy atom. The zero-order valence-electron chi connectivity index (χ0n) is 18.6. The van der Waals surface area contributed by atoms with Gasteiger partial charge in [-0.05, 0) is 48.9 Å². The van der Waals surface area contributed by atoms with Crippen LogP contribution in [0.15, 0.2) is 42.5 Å². The van der Waals surface area contributed by atoms with Crippen molar-refractivity contribution in [3.05, 3.63) is 64.3 Å². The maximum Gasteiger partial charge on any atom is 0.224 e. The van der Waals surface area contributed by atoms with Crippen molar-refractivity contribution in [3.63, 3.8) is 0 Å². The Hall–Kier alpha value is -3.39. The number of carbonyl (C=O) groups is 2. The zero-order valence-corrected chi connectivity index (χ0v) is 19.4. The molecule has 33 heavy (non-hydrogen) atoms. The molecule has 1 unspecified atom stereocenters. The van der Waals surface area contributed by atoms with Gasteiger partial charge in [0.15, 0.2) is 17.3 Å². The molecule has 1 N–H and O–H groups in total. The highest BCUT2D eigenvalue weighted by atomic mass is 32.1. The molecule has 172 valence electrons. The third-order valence-electron chi connectivity index (χ3n) is 5.42. The van der Waals surface area contributed by atoms with Gasteiger partial charge in [-0.3, -0.25) is 9.59 Å². The van der Waals surface area contributed by atoms with Crippen molar-refractivity contribution in [1.29, 1.82) is 0 Å². The second-order valence-corrected chi connectivity index (χ2v) is 8.86. The Morgan fingerprint density at radius 1 is 1.12 bits per heavy atom. The lowest BCUT2D eigenvalue weighted by atomic mass is 10.0. The number of amides is 1. The van der Waals surface area contributed by atoms with Gasteiger partial charge in [0.25, 0.3) is 0 Å². The number of ether oxygens (including phenoxy) is 3. The lowest BCUT2D eigenvalue weighted by molar-refractivity contribution is -0.120. The van der Waals surface area contributed by atoms with Crippen LogP contribution < -0.4 is 19.5 Å². The van der Waals surface area contributed by atoms with Crippen molar-refractivity contribution in [2.75, 3.05) is 20.8 Å². The smallest absolute Gasteiger partial charge is 0.224 e. The molecule has 0 saturated carbocycles. The molecule has 6 nitrogen and oxygen atoms in total. The highest BCUT2D eigenvalue weighted by molar-refractivity contribution is 7.17. The highest BCUT2D eigenvalue weighted by Gasteiger charge is 2.28. The molecule has 1 aliphatic rings. The standard InChI is InChI=1S/C25H24FNO5S/c1-14(28)22-6-7-23(33-22)19-12-17(26)10-16-11-18(32-25(16)19)13-27-24(29)9-15-4-5-20(30-2)21(8-15)31-3/h4-8,10,12,18H,9,11,13H2,1-3H3,(H,27,29). The summed E-state index contributed by atoms with van der Waals surface area (Å²) in [5, 5.41) is 2.90. The van der Waals surface area contributed by atoms with Crippen LogP contribution in [0.2, 0.25) is 0 Å². The first-order chi connectivity index (χ1) is 15.9. The number of benzene rings is 2. The zero-order chi connectivity index (χ0) is 23.5. The summed E-state index contributed by atoms with van der Waals surface area (Å²) in [4.78, 5) is 25.5. The summed E-state index contributed by atoms with van der Waals surface area (Å²) in [6.45, 7) is 1.80. The van der Waals surface area contributed by atoms with E-state index in [0.29, 0.717) is 40.7 Å². The number of rotatable bonds is 8. The number of thiophene rings is 1. The van der Waals surface area contributed by atoms with Crippen LogP contribution in [0.5, 0.6) is 17.2 Å². The average molecular weight is 470 g/mol. The molecule has 1 amide bonds. The lowest BCUT2D eigenvalue weighted by Crippen LogP contribution is -2.35.